The van der Waals surface area contributed by atoms with E-state index in [0.717, 1.165) is 90.1 Å². The molecule has 2 aromatic heterocycles. The van der Waals surface area contributed by atoms with Crippen LogP contribution in [0.4, 0.5) is 4.39 Å². The van der Waals surface area contributed by atoms with E-state index in [4.69, 9.17) is 19.3 Å². The van der Waals surface area contributed by atoms with Gasteiger partial charge in [-0.3, -0.25) is 24.1 Å². The summed E-state index contributed by atoms with van der Waals surface area (Å²) in [4.78, 5) is 118. The zero-order chi connectivity index (χ0) is 56.1. The maximum atomic E-state index is 14.8. The number of carbonyl (C=O) groups is 9. The van der Waals surface area contributed by atoms with Crippen LogP contribution >= 0.6 is 0 Å². The van der Waals surface area contributed by atoms with E-state index in [1.165, 1.54) is 17.0 Å². The van der Waals surface area contributed by atoms with E-state index >= 15 is 0 Å². The molecule has 1 saturated carbocycles. The van der Waals surface area contributed by atoms with Gasteiger partial charge in [0, 0.05) is 66.5 Å². The molecule has 5 unspecified atom stereocenters. The van der Waals surface area contributed by atoms with Gasteiger partial charge in [-0.1, -0.05) is 13.5 Å². The number of ether oxygens (including phenoxy) is 2. The summed E-state index contributed by atoms with van der Waals surface area (Å²) in [5, 5.41) is 17.4. The van der Waals surface area contributed by atoms with Crippen molar-refractivity contribution in [2.75, 3.05) is 47.1 Å². The number of hydrogen-bond donors (Lipinski definition) is 7. The average Bonchev–Trinajstić information content (AvgIpc) is 4.11. The van der Waals surface area contributed by atoms with Gasteiger partial charge in [-0.25, -0.2) is 9.37 Å². The molecule has 8 N–H and O–H groups in total. The molecular weight excluding hydrogens is 1180 g/mol. The Kier molecular flexibility index (Phi) is 25.3. The second-order valence-electron chi connectivity index (χ2n) is 18.0. The van der Waals surface area contributed by atoms with Crippen molar-refractivity contribution in [3.8, 4) is 11.4 Å². The number of allylic oxidation sites excluding steroid dienone is 1. The van der Waals surface area contributed by atoms with Crippen molar-refractivity contribution in [3.63, 3.8) is 0 Å². The molecule has 4 heterocycles. The Labute approximate surface area is 456 Å². The minimum atomic E-state index is -0.695. The number of primary amides is 1. The number of fused-ring (bicyclic) bond motifs is 4. The molecule has 7 rings (SSSR count). The normalized spacial score (nSPS) is 16.1. The molecular formula is C52H68FN10O12Pb. The summed E-state index contributed by atoms with van der Waals surface area (Å²) in [6.07, 6.45) is 9.89. The Balaban J connectivity index is 0.000000254. The number of nitrogens with zero attached hydrogens (tertiary/aromatic N) is 3. The molecule has 24 heteroatoms. The minimum absolute atomic E-state index is 0.00670. The number of likely N-dealkylation sites (N-methyl/N-ethyl adjacent to an activating group) is 1. The van der Waals surface area contributed by atoms with Crippen molar-refractivity contribution in [2.45, 2.75) is 107 Å². The molecule has 6 amide bonds. The SMILES string of the molecule is C=C1C=CC(=O)N1C(CNCC=O)C(=O)NCC.CCC(C=O)c1cc2n(c(=O)c1COC)Cc1c-2nc2cc(F)c(C)c3c2c1C(NC)CC3.NC=O.O=CNCC(=O)NC([CH2][Pb])CC(=O)NCOC(C=O)C1CC1. The van der Waals surface area contributed by atoms with Crippen LogP contribution in [0.5, 0.6) is 0 Å². The van der Waals surface area contributed by atoms with Crippen LogP contribution in [-0.2, 0) is 72.2 Å². The molecule has 3 radical (unpaired) electrons. The number of nitrogens with two attached hydrogens (primary N) is 1. The fraction of sp³-hybridized carbons (Fsp3) is 0.481. The van der Waals surface area contributed by atoms with E-state index in [2.05, 4.69) is 44.2 Å². The number of halogens is 1. The number of amides is 6. The van der Waals surface area contributed by atoms with E-state index in [1.807, 2.05) is 27.0 Å². The van der Waals surface area contributed by atoms with E-state index in [9.17, 15) is 47.5 Å². The zero-order valence-electron chi connectivity index (χ0n) is 43.5. The van der Waals surface area contributed by atoms with Crippen molar-refractivity contribution >= 4 is 92.0 Å². The van der Waals surface area contributed by atoms with Crippen LogP contribution in [0.15, 0.2) is 41.4 Å². The summed E-state index contributed by atoms with van der Waals surface area (Å²) in [5.41, 5.74) is 11.5. The number of nitrogens with one attached hydrogen (secondary N) is 6. The van der Waals surface area contributed by atoms with E-state index < -0.39 is 18.1 Å². The number of aldehydes is 3. The molecule has 2 aliphatic carbocycles. The van der Waals surface area contributed by atoms with Gasteiger partial charge >= 0.3 is 145 Å². The fourth-order valence-electron chi connectivity index (χ4n) is 9.17. The molecule has 4 aliphatic rings. The second kappa shape index (κ2) is 31.0. The van der Waals surface area contributed by atoms with Gasteiger partial charge < -0.3 is 40.6 Å². The number of benzene rings is 1. The standard InChI is InChI=1S/C26H28FN3O3.C13H20N3O5.C12H17N3O3.CH3NO.Pb/c1-5-14(11-31)16-8-22-25-17(10-30(22)26(32)18(16)12-33-4)24-20(28-3)7-6-15-13(2)19(27)9-21(29-25)23(15)24;1-9(16-13(20)5-14-7-18)4-12(19)15-8-21-11(6-17)10-2-3-10;1-3-14-12(18)10(8-13-6-7-16)15-9(2)4-5-11(15)17;2-1-3;/h8-9,11,14,20,28H,5-7,10,12H2,1-4H3;6-7,9-11H,1-5,8H2,(H,14,18)(H,15,19)(H,16,20);4-5,7,10,13H,2-3,6,8H2,1H3,(H,14,18);1H,(H2,2,3);. The number of rotatable bonds is 25. The number of carbonyl (C=O) groups excluding carboxylic acids is 9. The fourth-order valence-corrected chi connectivity index (χ4v) is 10.1. The first-order valence-electron chi connectivity index (χ1n) is 24.8. The average molecular weight is 1250 g/mol. The van der Waals surface area contributed by atoms with Crippen molar-refractivity contribution in [3.05, 3.63) is 86.1 Å². The van der Waals surface area contributed by atoms with E-state index in [1.54, 1.807) is 24.7 Å². The Morgan fingerprint density at radius 2 is 1.75 bits per heavy atom. The van der Waals surface area contributed by atoms with Crippen molar-refractivity contribution < 1.29 is 57.0 Å². The molecule has 3 aromatic rings. The van der Waals surface area contributed by atoms with Crippen LogP contribution in [0.1, 0.15) is 91.3 Å². The van der Waals surface area contributed by atoms with Gasteiger partial charge in [0.2, 0.25) is 12.3 Å². The molecule has 0 saturated heterocycles. The molecule has 0 bridgehead atoms. The van der Waals surface area contributed by atoms with Gasteiger partial charge in [0.15, 0.2) is 0 Å². The molecule has 0 spiro atoms. The van der Waals surface area contributed by atoms with Crippen molar-refractivity contribution in [1.29, 1.82) is 0 Å². The molecule has 1 aromatic carbocycles. The first-order valence-corrected chi connectivity index (χ1v) is 27.6. The van der Waals surface area contributed by atoms with E-state index in [-0.39, 0.29) is 98.8 Å². The van der Waals surface area contributed by atoms with E-state index in [0.29, 0.717) is 71.5 Å². The Bertz CT molecular complexity index is 2700. The van der Waals surface area contributed by atoms with Crippen LogP contribution in [0.2, 0.25) is 3.98 Å². The topological polar surface area (TPSA) is 308 Å². The van der Waals surface area contributed by atoms with Gasteiger partial charge in [0.05, 0.1) is 36.6 Å². The van der Waals surface area contributed by atoms with Gasteiger partial charge in [-0.05, 0) is 74.6 Å². The molecule has 76 heavy (non-hydrogen) atoms. The summed E-state index contributed by atoms with van der Waals surface area (Å²) in [6.45, 7) is 10.5. The Hall–Kier alpha value is -6.42. The zero-order valence-corrected chi connectivity index (χ0v) is 47.4. The van der Waals surface area contributed by atoms with Crippen LogP contribution in [0, 0.1) is 18.7 Å². The summed E-state index contributed by atoms with van der Waals surface area (Å²) < 4.78 is 27.9. The summed E-state index contributed by atoms with van der Waals surface area (Å²) in [6, 6.07) is 2.58. The molecule has 1 fully saturated rings. The molecule has 2 aliphatic heterocycles. The van der Waals surface area contributed by atoms with Gasteiger partial charge in [0.1, 0.15) is 24.4 Å². The number of aromatic nitrogens is 2. The van der Waals surface area contributed by atoms with Gasteiger partial charge in [-0.15, -0.1) is 0 Å². The number of hydrogen-bond acceptors (Lipinski definition) is 15. The predicted molar refractivity (Wildman–Crippen MR) is 280 cm³/mol. The third kappa shape index (κ3) is 15.8. The number of aryl methyl sites for hydroxylation is 1. The van der Waals surface area contributed by atoms with Crippen LogP contribution in [-0.4, -0.2) is 161 Å². The van der Waals surface area contributed by atoms with Crippen molar-refractivity contribution in [1.82, 2.24) is 46.4 Å². The van der Waals surface area contributed by atoms with Crippen LogP contribution in [0.3, 0.4) is 0 Å². The third-order valence-corrected chi connectivity index (χ3v) is 15.0. The Morgan fingerprint density at radius 1 is 1.03 bits per heavy atom. The van der Waals surface area contributed by atoms with Crippen LogP contribution in [0.25, 0.3) is 22.3 Å². The molecule has 22 nitrogen and oxygen atoms in total. The summed E-state index contributed by atoms with van der Waals surface area (Å²) in [5.74, 6) is -1.48. The second-order valence-corrected chi connectivity index (χ2v) is 19.5. The van der Waals surface area contributed by atoms with Crippen molar-refractivity contribution in [2.24, 2.45) is 11.7 Å². The number of methoxy groups -OCH3 is 1. The van der Waals surface area contributed by atoms with Gasteiger partial charge in [0.25, 0.3) is 11.5 Å². The van der Waals surface area contributed by atoms with Crippen LogP contribution < -0.4 is 43.2 Å². The monoisotopic (exact) mass is 1250 g/mol. The summed E-state index contributed by atoms with van der Waals surface area (Å²) >= 11 is 0.834. The third-order valence-electron chi connectivity index (χ3n) is 13.1. The Morgan fingerprint density at radius 3 is 2.32 bits per heavy atom. The maximum absolute atomic E-state index is 14.8. The first-order chi connectivity index (χ1) is 36.6. The summed E-state index contributed by atoms with van der Waals surface area (Å²) in [7, 11) is 3.48. The van der Waals surface area contributed by atoms with Gasteiger partial charge in [-0.2, -0.15) is 0 Å². The molecule has 5 atom stereocenters. The first kappa shape index (κ1) is 62.1. The predicted octanol–water partition coefficient (Wildman–Crippen LogP) is 0.473. The number of pyridine rings is 2. The molecule has 409 valence electrons. The quantitative estimate of drug-likeness (QED) is 0.0205.